The van der Waals surface area contributed by atoms with Crippen LogP contribution in [-0.2, 0) is 10.3 Å². The zero-order valence-corrected chi connectivity index (χ0v) is 15.4. The molecule has 2 heterocycles. The lowest BCUT2D eigenvalue weighted by Gasteiger charge is -2.22. The number of carbonyl (C=O) groups is 1. The van der Waals surface area contributed by atoms with Crippen molar-refractivity contribution in [1.82, 2.24) is 10.3 Å². The van der Waals surface area contributed by atoms with E-state index in [1.807, 2.05) is 30.3 Å². The Bertz CT molecular complexity index is 762. The first-order chi connectivity index (χ1) is 12.4. The molecule has 0 aliphatic carbocycles. The molecule has 1 aromatic heterocycles. The summed E-state index contributed by atoms with van der Waals surface area (Å²) < 4.78 is 5.35. The average molecular weight is 354 g/mol. The highest BCUT2D eigenvalue weighted by molar-refractivity contribution is 5.95. The molecule has 0 spiro atoms. The van der Waals surface area contributed by atoms with E-state index < -0.39 is 5.60 Å². The second-order valence-corrected chi connectivity index (χ2v) is 7.37. The van der Waals surface area contributed by atoms with Crippen molar-refractivity contribution in [3.05, 3.63) is 53.9 Å². The molecule has 2 N–H and O–H groups in total. The number of amides is 1. The summed E-state index contributed by atoms with van der Waals surface area (Å²) in [5.41, 5.74) is 2.19. The second kappa shape index (κ2) is 7.98. The van der Waals surface area contributed by atoms with Crippen LogP contribution in [0, 0.1) is 5.92 Å². The summed E-state index contributed by atoms with van der Waals surface area (Å²) in [6, 6.07) is 9.41. The van der Waals surface area contributed by atoms with Crippen LogP contribution < -0.4 is 5.32 Å². The Morgan fingerprint density at radius 2 is 2.00 bits per heavy atom. The number of nitrogens with one attached hydrogen (secondary N) is 1. The highest BCUT2D eigenvalue weighted by atomic mass is 16.5. The van der Waals surface area contributed by atoms with Crippen LogP contribution in [0.2, 0.25) is 0 Å². The molecule has 1 fully saturated rings. The molecule has 1 amide bonds. The average Bonchev–Trinajstić information content (AvgIpc) is 2.66. The quantitative estimate of drug-likeness (QED) is 0.865. The third kappa shape index (κ3) is 4.68. The summed E-state index contributed by atoms with van der Waals surface area (Å²) >= 11 is 0. The maximum atomic E-state index is 12.5. The van der Waals surface area contributed by atoms with Gasteiger partial charge in [-0.15, -0.1) is 0 Å². The number of aromatic nitrogens is 1. The molecule has 3 rings (SSSR count). The number of ether oxygens (including phenoxy) is 1. The van der Waals surface area contributed by atoms with Crippen LogP contribution in [-0.4, -0.2) is 35.8 Å². The standard InChI is InChI=1S/C21H26N2O3/c1-21(2,25)19-11-18(13-22-14-19)16-4-3-5-17(10-16)20(24)23-12-15-6-8-26-9-7-15/h3-5,10-11,13-15,25H,6-9,12H2,1-2H3,(H,23,24). The Hall–Kier alpha value is -2.24. The van der Waals surface area contributed by atoms with Crippen LogP contribution in [0.1, 0.15) is 42.6 Å². The molecule has 5 nitrogen and oxygen atoms in total. The van der Waals surface area contributed by atoms with Gasteiger partial charge in [0, 0.05) is 48.8 Å². The molecule has 26 heavy (non-hydrogen) atoms. The summed E-state index contributed by atoms with van der Waals surface area (Å²) in [5, 5.41) is 13.2. The summed E-state index contributed by atoms with van der Waals surface area (Å²) in [6.07, 6.45) is 5.40. The van der Waals surface area contributed by atoms with Gasteiger partial charge in [-0.1, -0.05) is 12.1 Å². The van der Waals surface area contributed by atoms with E-state index >= 15 is 0 Å². The molecular weight excluding hydrogens is 328 g/mol. The Morgan fingerprint density at radius 1 is 1.23 bits per heavy atom. The number of nitrogens with zero attached hydrogens (tertiary/aromatic N) is 1. The number of carbonyl (C=O) groups excluding carboxylic acids is 1. The van der Waals surface area contributed by atoms with Gasteiger partial charge in [-0.25, -0.2) is 0 Å². The van der Waals surface area contributed by atoms with Gasteiger partial charge in [0.25, 0.3) is 5.91 Å². The molecule has 0 unspecified atom stereocenters. The van der Waals surface area contributed by atoms with Crippen molar-refractivity contribution < 1.29 is 14.6 Å². The smallest absolute Gasteiger partial charge is 0.251 e. The number of rotatable bonds is 5. The number of hydrogen-bond acceptors (Lipinski definition) is 4. The molecule has 0 saturated carbocycles. The van der Waals surface area contributed by atoms with Crippen molar-refractivity contribution in [2.45, 2.75) is 32.3 Å². The van der Waals surface area contributed by atoms with E-state index in [2.05, 4.69) is 10.3 Å². The van der Waals surface area contributed by atoms with Gasteiger partial charge in [0.2, 0.25) is 0 Å². The van der Waals surface area contributed by atoms with Gasteiger partial charge >= 0.3 is 0 Å². The van der Waals surface area contributed by atoms with Crippen molar-refractivity contribution in [1.29, 1.82) is 0 Å². The molecule has 5 heteroatoms. The number of benzene rings is 1. The van der Waals surface area contributed by atoms with E-state index in [4.69, 9.17) is 4.74 Å². The fourth-order valence-electron chi connectivity index (χ4n) is 3.06. The van der Waals surface area contributed by atoms with E-state index in [9.17, 15) is 9.90 Å². The molecular formula is C21H26N2O3. The lowest BCUT2D eigenvalue weighted by Crippen LogP contribution is -2.32. The van der Waals surface area contributed by atoms with E-state index in [-0.39, 0.29) is 5.91 Å². The monoisotopic (exact) mass is 354 g/mol. The van der Waals surface area contributed by atoms with Crippen LogP contribution in [0.25, 0.3) is 11.1 Å². The molecule has 2 aromatic rings. The van der Waals surface area contributed by atoms with Gasteiger partial charge in [-0.05, 0) is 56.4 Å². The Balaban J connectivity index is 1.72. The van der Waals surface area contributed by atoms with Crippen molar-refractivity contribution in [3.63, 3.8) is 0 Å². The van der Waals surface area contributed by atoms with Gasteiger partial charge in [-0.2, -0.15) is 0 Å². The predicted molar refractivity (Wildman–Crippen MR) is 101 cm³/mol. The van der Waals surface area contributed by atoms with Gasteiger partial charge in [0.15, 0.2) is 0 Å². The molecule has 1 aromatic carbocycles. The van der Waals surface area contributed by atoms with E-state index in [0.717, 1.165) is 42.7 Å². The van der Waals surface area contributed by atoms with Gasteiger partial charge in [-0.3, -0.25) is 9.78 Å². The number of pyridine rings is 1. The molecule has 1 saturated heterocycles. The van der Waals surface area contributed by atoms with E-state index in [0.29, 0.717) is 18.0 Å². The third-order valence-corrected chi connectivity index (χ3v) is 4.79. The van der Waals surface area contributed by atoms with Crippen molar-refractivity contribution >= 4 is 5.91 Å². The van der Waals surface area contributed by atoms with Crippen LogP contribution in [0.15, 0.2) is 42.7 Å². The van der Waals surface area contributed by atoms with Crippen molar-refractivity contribution in [2.24, 2.45) is 5.92 Å². The lowest BCUT2D eigenvalue weighted by atomic mass is 9.96. The minimum absolute atomic E-state index is 0.0649. The van der Waals surface area contributed by atoms with Crippen LogP contribution >= 0.6 is 0 Å². The van der Waals surface area contributed by atoms with Gasteiger partial charge in [0.05, 0.1) is 5.60 Å². The SMILES string of the molecule is CC(C)(O)c1cncc(-c2cccc(C(=O)NCC3CCOCC3)c2)c1. The second-order valence-electron chi connectivity index (χ2n) is 7.37. The lowest BCUT2D eigenvalue weighted by molar-refractivity contribution is 0.0642. The first-order valence-electron chi connectivity index (χ1n) is 9.08. The number of hydrogen-bond donors (Lipinski definition) is 2. The molecule has 1 aliphatic heterocycles. The van der Waals surface area contributed by atoms with Gasteiger partial charge < -0.3 is 15.2 Å². The molecule has 0 atom stereocenters. The molecule has 0 radical (unpaired) electrons. The number of aliphatic hydroxyl groups is 1. The van der Waals surface area contributed by atoms with Gasteiger partial charge in [0.1, 0.15) is 0 Å². The Kier molecular flexibility index (Phi) is 5.69. The topological polar surface area (TPSA) is 71.5 Å². The predicted octanol–water partition coefficient (Wildman–Crippen LogP) is 3.13. The fraction of sp³-hybridized carbons (Fsp3) is 0.429. The van der Waals surface area contributed by atoms with Crippen molar-refractivity contribution in [2.75, 3.05) is 19.8 Å². The van der Waals surface area contributed by atoms with Crippen LogP contribution in [0.5, 0.6) is 0 Å². The zero-order valence-electron chi connectivity index (χ0n) is 15.4. The Morgan fingerprint density at radius 3 is 2.73 bits per heavy atom. The fourth-order valence-corrected chi connectivity index (χ4v) is 3.06. The molecule has 138 valence electrons. The highest BCUT2D eigenvalue weighted by Crippen LogP contribution is 2.25. The Labute approximate surface area is 154 Å². The molecule has 0 bridgehead atoms. The van der Waals surface area contributed by atoms with Crippen LogP contribution in [0.4, 0.5) is 0 Å². The normalized spacial score (nSPS) is 15.7. The first kappa shape index (κ1) is 18.5. The molecule has 1 aliphatic rings. The summed E-state index contributed by atoms with van der Waals surface area (Å²) in [4.78, 5) is 16.7. The zero-order chi connectivity index (χ0) is 18.6. The van der Waals surface area contributed by atoms with E-state index in [1.54, 1.807) is 26.2 Å². The van der Waals surface area contributed by atoms with Crippen LogP contribution in [0.3, 0.4) is 0 Å². The minimum atomic E-state index is -0.957. The summed E-state index contributed by atoms with van der Waals surface area (Å²) in [7, 11) is 0. The van der Waals surface area contributed by atoms with E-state index in [1.165, 1.54) is 0 Å². The van der Waals surface area contributed by atoms with Crippen molar-refractivity contribution in [3.8, 4) is 11.1 Å². The third-order valence-electron chi connectivity index (χ3n) is 4.79. The summed E-state index contributed by atoms with van der Waals surface area (Å²) in [6.45, 7) is 5.70. The largest absolute Gasteiger partial charge is 0.386 e. The maximum Gasteiger partial charge on any atom is 0.251 e. The first-order valence-corrected chi connectivity index (χ1v) is 9.08. The summed E-state index contributed by atoms with van der Waals surface area (Å²) in [5.74, 6) is 0.425. The highest BCUT2D eigenvalue weighted by Gasteiger charge is 2.18. The minimum Gasteiger partial charge on any atom is -0.386 e. The maximum absolute atomic E-state index is 12.5.